The van der Waals surface area contributed by atoms with E-state index in [1.165, 1.54) is 12.1 Å². The van der Waals surface area contributed by atoms with Gasteiger partial charge >= 0.3 is 0 Å². The zero-order valence-electron chi connectivity index (χ0n) is 12.6. The lowest BCUT2D eigenvalue weighted by atomic mass is 9.96. The molecular weight excluding hydrogens is 289 g/mol. The molecule has 1 heterocycles. The fraction of sp³-hybridized carbons (Fsp3) is 0.150. The molecule has 1 aliphatic rings. The van der Waals surface area contributed by atoms with E-state index in [2.05, 4.69) is 4.57 Å². The highest BCUT2D eigenvalue weighted by Crippen LogP contribution is 2.33. The summed E-state index contributed by atoms with van der Waals surface area (Å²) in [5.74, 6) is -0.0589. The SMILES string of the molecule is O=C1CCCc2c1cc(-c1ccccc1)n2-c1ccc(F)cc1. The standard InChI is InChI=1S/C20H16FNO/c21-15-9-11-16(12-10-15)22-18-7-4-8-20(23)17(18)13-19(22)14-5-2-1-3-6-14/h1-3,5-6,9-13H,4,7-8H2. The molecule has 3 aromatic rings. The van der Waals surface area contributed by atoms with E-state index in [0.717, 1.165) is 41.0 Å². The molecule has 0 spiro atoms. The van der Waals surface area contributed by atoms with E-state index in [4.69, 9.17) is 0 Å². The van der Waals surface area contributed by atoms with Crippen molar-refractivity contribution in [2.24, 2.45) is 0 Å². The summed E-state index contributed by atoms with van der Waals surface area (Å²) in [5, 5.41) is 0. The lowest BCUT2D eigenvalue weighted by Gasteiger charge is -2.17. The molecule has 2 aromatic carbocycles. The van der Waals surface area contributed by atoms with E-state index in [9.17, 15) is 9.18 Å². The van der Waals surface area contributed by atoms with Crippen molar-refractivity contribution >= 4 is 5.78 Å². The van der Waals surface area contributed by atoms with Crippen LogP contribution in [0.15, 0.2) is 60.7 Å². The van der Waals surface area contributed by atoms with Gasteiger partial charge in [0.05, 0.1) is 5.69 Å². The van der Waals surface area contributed by atoms with E-state index >= 15 is 0 Å². The Bertz CT molecular complexity index is 863. The maximum absolute atomic E-state index is 13.3. The molecule has 0 saturated carbocycles. The molecular formula is C20H16FNO. The van der Waals surface area contributed by atoms with Crippen LogP contribution in [-0.4, -0.2) is 10.4 Å². The van der Waals surface area contributed by atoms with E-state index < -0.39 is 0 Å². The molecule has 1 aromatic heterocycles. The molecule has 0 radical (unpaired) electrons. The Morgan fingerprint density at radius 1 is 0.913 bits per heavy atom. The van der Waals surface area contributed by atoms with Crippen LogP contribution in [0.25, 0.3) is 16.9 Å². The van der Waals surface area contributed by atoms with Crippen molar-refractivity contribution in [1.29, 1.82) is 0 Å². The second-order valence-corrected chi connectivity index (χ2v) is 5.84. The topological polar surface area (TPSA) is 22.0 Å². The monoisotopic (exact) mass is 305 g/mol. The van der Waals surface area contributed by atoms with E-state index in [1.54, 1.807) is 12.1 Å². The van der Waals surface area contributed by atoms with Crippen LogP contribution in [0.4, 0.5) is 4.39 Å². The molecule has 0 N–H and O–H groups in total. The van der Waals surface area contributed by atoms with Gasteiger partial charge in [-0.2, -0.15) is 0 Å². The van der Waals surface area contributed by atoms with Crippen LogP contribution >= 0.6 is 0 Å². The van der Waals surface area contributed by atoms with E-state index in [-0.39, 0.29) is 11.6 Å². The first-order valence-electron chi connectivity index (χ1n) is 7.83. The van der Waals surface area contributed by atoms with Crippen LogP contribution < -0.4 is 0 Å². The smallest absolute Gasteiger partial charge is 0.164 e. The zero-order chi connectivity index (χ0) is 15.8. The van der Waals surface area contributed by atoms with Crippen LogP contribution in [0.3, 0.4) is 0 Å². The zero-order valence-corrected chi connectivity index (χ0v) is 12.6. The summed E-state index contributed by atoms with van der Waals surface area (Å²) in [6.07, 6.45) is 2.34. The van der Waals surface area contributed by atoms with Gasteiger partial charge in [-0.05, 0) is 48.7 Å². The van der Waals surface area contributed by atoms with Crippen molar-refractivity contribution in [1.82, 2.24) is 4.57 Å². The third-order valence-corrected chi connectivity index (χ3v) is 4.37. The molecule has 0 unspecified atom stereocenters. The number of carbonyl (C=O) groups excluding carboxylic acids is 1. The Labute approximate surface area is 134 Å². The average molecular weight is 305 g/mol. The van der Waals surface area contributed by atoms with Crippen molar-refractivity contribution in [2.75, 3.05) is 0 Å². The highest BCUT2D eigenvalue weighted by Gasteiger charge is 2.25. The largest absolute Gasteiger partial charge is 0.313 e. The first-order chi connectivity index (χ1) is 11.2. The molecule has 4 rings (SSSR count). The van der Waals surface area contributed by atoms with Gasteiger partial charge in [0, 0.05) is 23.4 Å². The maximum Gasteiger partial charge on any atom is 0.164 e. The molecule has 0 bridgehead atoms. The number of aromatic nitrogens is 1. The Balaban J connectivity index is 1.98. The minimum Gasteiger partial charge on any atom is -0.313 e. The fourth-order valence-electron chi connectivity index (χ4n) is 3.30. The summed E-state index contributed by atoms with van der Waals surface area (Å²) in [4.78, 5) is 12.3. The maximum atomic E-state index is 13.3. The van der Waals surface area contributed by atoms with Crippen LogP contribution in [-0.2, 0) is 6.42 Å². The summed E-state index contributed by atoms with van der Waals surface area (Å²) in [6.45, 7) is 0. The van der Waals surface area contributed by atoms with Crippen LogP contribution in [0.1, 0.15) is 28.9 Å². The van der Waals surface area contributed by atoms with Gasteiger partial charge in [-0.15, -0.1) is 0 Å². The summed E-state index contributed by atoms with van der Waals surface area (Å²) >= 11 is 0. The van der Waals surface area contributed by atoms with Crippen molar-refractivity contribution in [3.05, 3.63) is 77.7 Å². The fourth-order valence-corrected chi connectivity index (χ4v) is 3.30. The average Bonchev–Trinajstić information content (AvgIpc) is 2.97. The molecule has 0 atom stereocenters. The molecule has 2 nitrogen and oxygen atoms in total. The predicted octanol–water partition coefficient (Wildman–Crippen LogP) is 4.80. The number of halogens is 1. The second kappa shape index (κ2) is 5.51. The van der Waals surface area contributed by atoms with Gasteiger partial charge in [-0.25, -0.2) is 4.39 Å². The molecule has 0 amide bonds. The van der Waals surface area contributed by atoms with Crippen molar-refractivity contribution < 1.29 is 9.18 Å². The van der Waals surface area contributed by atoms with Crippen molar-refractivity contribution in [3.63, 3.8) is 0 Å². The molecule has 0 fully saturated rings. The van der Waals surface area contributed by atoms with Gasteiger partial charge < -0.3 is 4.57 Å². The normalized spacial score (nSPS) is 13.9. The Hall–Kier alpha value is -2.68. The second-order valence-electron chi connectivity index (χ2n) is 5.84. The number of carbonyl (C=O) groups is 1. The number of hydrogen-bond acceptors (Lipinski definition) is 1. The molecule has 114 valence electrons. The molecule has 0 saturated heterocycles. The Morgan fingerprint density at radius 2 is 1.65 bits per heavy atom. The van der Waals surface area contributed by atoms with Gasteiger partial charge in [0.25, 0.3) is 0 Å². The number of hydrogen-bond donors (Lipinski definition) is 0. The number of nitrogens with zero attached hydrogens (tertiary/aromatic N) is 1. The number of benzene rings is 2. The molecule has 0 aliphatic heterocycles. The van der Waals surface area contributed by atoms with Gasteiger partial charge in [0.15, 0.2) is 5.78 Å². The van der Waals surface area contributed by atoms with Crippen LogP contribution in [0.2, 0.25) is 0 Å². The van der Waals surface area contributed by atoms with Gasteiger partial charge in [0.2, 0.25) is 0 Å². The number of Topliss-reactive ketones (excluding diaryl/α,β-unsaturated/α-hetero) is 1. The quantitative estimate of drug-likeness (QED) is 0.666. The number of fused-ring (bicyclic) bond motifs is 1. The predicted molar refractivity (Wildman–Crippen MR) is 88.4 cm³/mol. The van der Waals surface area contributed by atoms with Crippen LogP contribution in [0.5, 0.6) is 0 Å². The highest BCUT2D eigenvalue weighted by molar-refractivity contribution is 6.00. The van der Waals surface area contributed by atoms with Gasteiger partial charge in [0.1, 0.15) is 5.82 Å². The molecule has 1 aliphatic carbocycles. The Kier molecular flexibility index (Phi) is 3.34. The van der Waals surface area contributed by atoms with Gasteiger partial charge in [-0.3, -0.25) is 4.79 Å². The molecule has 3 heteroatoms. The van der Waals surface area contributed by atoms with Gasteiger partial charge in [-0.1, -0.05) is 30.3 Å². The third-order valence-electron chi connectivity index (χ3n) is 4.37. The summed E-state index contributed by atoms with van der Waals surface area (Å²) in [5.41, 5.74) is 4.77. The minimum absolute atomic E-state index is 0.198. The summed E-state index contributed by atoms with van der Waals surface area (Å²) in [6, 6.07) is 18.4. The van der Waals surface area contributed by atoms with Crippen LogP contribution in [0, 0.1) is 5.82 Å². The summed E-state index contributed by atoms with van der Waals surface area (Å²) in [7, 11) is 0. The lowest BCUT2D eigenvalue weighted by molar-refractivity contribution is 0.0972. The highest BCUT2D eigenvalue weighted by atomic mass is 19.1. The van der Waals surface area contributed by atoms with Crippen molar-refractivity contribution in [2.45, 2.75) is 19.3 Å². The lowest BCUT2D eigenvalue weighted by Crippen LogP contribution is -2.12. The molecule has 23 heavy (non-hydrogen) atoms. The number of rotatable bonds is 2. The number of ketones is 1. The Morgan fingerprint density at radius 3 is 2.39 bits per heavy atom. The van der Waals surface area contributed by atoms with E-state index in [0.29, 0.717) is 6.42 Å². The summed E-state index contributed by atoms with van der Waals surface area (Å²) < 4.78 is 15.4. The first kappa shape index (κ1) is 13.9. The van der Waals surface area contributed by atoms with Crippen molar-refractivity contribution in [3.8, 4) is 16.9 Å². The first-order valence-corrected chi connectivity index (χ1v) is 7.83. The third kappa shape index (κ3) is 2.38. The minimum atomic E-state index is -0.257. The van der Waals surface area contributed by atoms with E-state index in [1.807, 2.05) is 36.4 Å².